The average molecular weight is 437 g/mol. The third kappa shape index (κ3) is 4.50. The van der Waals surface area contributed by atoms with E-state index in [1.54, 1.807) is 6.20 Å². The van der Waals surface area contributed by atoms with E-state index >= 15 is 0 Å². The molecule has 33 heavy (non-hydrogen) atoms. The molecule has 0 atom stereocenters. The summed E-state index contributed by atoms with van der Waals surface area (Å²) < 4.78 is 14.1. The first-order chi connectivity index (χ1) is 16.2. The number of fused-ring (bicyclic) bond motifs is 1. The van der Waals surface area contributed by atoms with Crippen molar-refractivity contribution in [1.82, 2.24) is 14.8 Å². The number of aliphatic hydroxyl groups is 1. The Morgan fingerprint density at radius 2 is 1.70 bits per heavy atom. The summed E-state index contributed by atoms with van der Waals surface area (Å²) in [5.74, 6) is 2.10. The topological polar surface area (TPSA) is 73.3 Å². The number of aliphatic hydroxyl groups excluding tert-OH is 1. The minimum absolute atomic E-state index is 0.139. The Kier molecular flexibility index (Phi) is 5.64. The minimum atomic E-state index is 0.139. The summed E-state index contributed by atoms with van der Waals surface area (Å²) in [7, 11) is 0. The van der Waals surface area contributed by atoms with Crippen LogP contribution in [-0.4, -0.2) is 19.9 Å². The van der Waals surface area contributed by atoms with E-state index in [1.165, 1.54) is 0 Å². The van der Waals surface area contributed by atoms with Crippen LogP contribution in [0.2, 0.25) is 0 Å². The molecule has 5 rings (SSSR count). The third-order valence-corrected chi connectivity index (χ3v) is 5.36. The van der Waals surface area contributed by atoms with Gasteiger partial charge in [0.1, 0.15) is 18.1 Å². The monoisotopic (exact) mass is 437 g/mol. The van der Waals surface area contributed by atoms with Gasteiger partial charge in [0.25, 0.3) is 0 Å². The lowest BCUT2D eigenvalue weighted by molar-refractivity contribution is 0.302. The molecule has 6 heteroatoms. The minimum Gasteiger partial charge on any atom is -0.513 e. The van der Waals surface area contributed by atoms with Gasteiger partial charge in [-0.2, -0.15) is 5.10 Å². The number of hydrogen-bond acceptors (Lipinski definition) is 5. The lowest BCUT2D eigenvalue weighted by Crippen LogP contribution is -2.01. The molecule has 0 amide bonds. The van der Waals surface area contributed by atoms with Crippen LogP contribution >= 0.6 is 0 Å². The predicted octanol–water partition coefficient (Wildman–Crippen LogP) is 6.40. The van der Waals surface area contributed by atoms with Crippen molar-refractivity contribution < 1.29 is 14.3 Å². The van der Waals surface area contributed by atoms with Crippen LogP contribution < -0.4 is 4.74 Å². The third-order valence-electron chi connectivity index (χ3n) is 5.36. The second-order valence-corrected chi connectivity index (χ2v) is 7.72. The highest BCUT2D eigenvalue weighted by molar-refractivity contribution is 5.80. The summed E-state index contributed by atoms with van der Waals surface area (Å²) in [6, 6.07) is 25.6. The molecule has 0 radical (unpaired) electrons. The highest BCUT2D eigenvalue weighted by Gasteiger charge is 2.17. The van der Waals surface area contributed by atoms with E-state index in [9.17, 15) is 5.11 Å². The number of benzene rings is 3. The lowest BCUT2D eigenvalue weighted by Gasteiger charge is -2.07. The fraction of sp³-hybridized carbons (Fsp3) is 0.111. The standard InChI is InChI=1S/C27H23N3O3/c1-19(31)14-15-30-25-16-23(13-12-22(25)17-28-30)32-18-24-26(20-8-4-2-5-9-20)33-27(29-24)21-10-6-3-7-11-21/h2-13,16-17,31H,1,14-15,18H2. The summed E-state index contributed by atoms with van der Waals surface area (Å²) in [4.78, 5) is 4.74. The van der Waals surface area contributed by atoms with Gasteiger partial charge >= 0.3 is 0 Å². The molecule has 2 heterocycles. The molecule has 3 aromatic carbocycles. The van der Waals surface area contributed by atoms with Crippen LogP contribution in [0.3, 0.4) is 0 Å². The van der Waals surface area contributed by atoms with Crippen LogP contribution in [0.1, 0.15) is 12.1 Å². The molecule has 0 fully saturated rings. The van der Waals surface area contributed by atoms with Gasteiger partial charge in [0, 0.05) is 35.5 Å². The number of ether oxygens (including phenoxy) is 1. The van der Waals surface area contributed by atoms with Gasteiger partial charge < -0.3 is 14.3 Å². The quantitative estimate of drug-likeness (QED) is 0.284. The molecule has 0 spiro atoms. The van der Waals surface area contributed by atoms with Crippen molar-refractivity contribution in [3.05, 3.63) is 103 Å². The van der Waals surface area contributed by atoms with Crippen molar-refractivity contribution in [2.75, 3.05) is 0 Å². The highest BCUT2D eigenvalue weighted by atomic mass is 16.5. The molecule has 5 aromatic rings. The highest BCUT2D eigenvalue weighted by Crippen LogP contribution is 2.31. The van der Waals surface area contributed by atoms with Gasteiger partial charge in [0.05, 0.1) is 17.5 Å². The number of aromatic nitrogens is 3. The van der Waals surface area contributed by atoms with Crippen molar-refractivity contribution in [1.29, 1.82) is 0 Å². The van der Waals surface area contributed by atoms with Crippen LogP contribution in [0.25, 0.3) is 33.7 Å². The zero-order chi connectivity index (χ0) is 22.6. The average Bonchev–Trinajstić information content (AvgIpc) is 3.46. The first kappa shape index (κ1) is 20.6. The Morgan fingerprint density at radius 3 is 2.42 bits per heavy atom. The molecular weight excluding hydrogens is 414 g/mol. The normalized spacial score (nSPS) is 11.0. The molecule has 164 valence electrons. The Bertz CT molecular complexity index is 1390. The summed E-state index contributed by atoms with van der Waals surface area (Å²) in [5.41, 5.74) is 3.52. The molecule has 0 saturated carbocycles. The van der Waals surface area contributed by atoms with E-state index < -0.39 is 0 Å². The van der Waals surface area contributed by atoms with Crippen LogP contribution in [-0.2, 0) is 13.2 Å². The van der Waals surface area contributed by atoms with Gasteiger partial charge in [0.15, 0.2) is 5.76 Å². The summed E-state index contributed by atoms with van der Waals surface area (Å²) in [6.45, 7) is 4.35. The van der Waals surface area contributed by atoms with Crippen LogP contribution in [0.4, 0.5) is 0 Å². The number of oxazole rings is 1. The zero-order valence-electron chi connectivity index (χ0n) is 18.0. The molecule has 6 nitrogen and oxygen atoms in total. The SMILES string of the molecule is C=C(O)CCn1ncc2ccc(OCc3nc(-c4ccccc4)oc3-c3ccccc3)cc21. The maximum absolute atomic E-state index is 9.42. The number of rotatable bonds is 8. The molecule has 0 aliphatic heterocycles. The first-order valence-electron chi connectivity index (χ1n) is 10.7. The van der Waals surface area contributed by atoms with E-state index in [4.69, 9.17) is 14.1 Å². The molecule has 0 bridgehead atoms. The van der Waals surface area contributed by atoms with Crippen molar-refractivity contribution in [3.8, 4) is 28.5 Å². The van der Waals surface area contributed by atoms with Crippen molar-refractivity contribution in [3.63, 3.8) is 0 Å². The number of hydrogen-bond donors (Lipinski definition) is 1. The Balaban J connectivity index is 1.43. The molecule has 0 saturated heterocycles. The molecular formula is C27H23N3O3. The van der Waals surface area contributed by atoms with Gasteiger partial charge in [-0.3, -0.25) is 4.68 Å². The van der Waals surface area contributed by atoms with Gasteiger partial charge in [0.2, 0.25) is 5.89 Å². The van der Waals surface area contributed by atoms with Crippen LogP contribution in [0.5, 0.6) is 5.75 Å². The van der Waals surface area contributed by atoms with E-state index in [0.29, 0.717) is 30.4 Å². The van der Waals surface area contributed by atoms with Crippen molar-refractivity contribution >= 4 is 10.9 Å². The molecule has 2 aromatic heterocycles. The summed E-state index contributed by atoms with van der Waals surface area (Å²) in [6.07, 6.45) is 2.25. The largest absolute Gasteiger partial charge is 0.513 e. The smallest absolute Gasteiger partial charge is 0.227 e. The van der Waals surface area contributed by atoms with Gasteiger partial charge in [-0.15, -0.1) is 0 Å². The van der Waals surface area contributed by atoms with E-state index in [0.717, 1.165) is 27.7 Å². The van der Waals surface area contributed by atoms with Gasteiger partial charge in [-0.1, -0.05) is 55.1 Å². The Labute approximate surface area is 191 Å². The second kappa shape index (κ2) is 9.04. The zero-order valence-corrected chi connectivity index (χ0v) is 18.0. The van der Waals surface area contributed by atoms with E-state index in [1.807, 2.05) is 83.5 Å². The predicted molar refractivity (Wildman–Crippen MR) is 128 cm³/mol. The summed E-state index contributed by atoms with van der Waals surface area (Å²) in [5, 5.41) is 14.8. The molecule has 0 aliphatic rings. The number of allylic oxidation sites excluding steroid dienone is 1. The maximum Gasteiger partial charge on any atom is 0.227 e. The Hall–Kier alpha value is -4.32. The van der Waals surface area contributed by atoms with E-state index in [2.05, 4.69) is 11.7 Å². The fourth-order valence-corrected chi connectivity index (χ4v) is 3.67. The van der Waals surface area contributed by atoms with Crippen molar-refractivity contribution in [2.24, 2.45) is 0 Å². The summed E-state index contributed by atoms with van der Waals surface area (Å²) >= 11 is 0. The van der Waals surface area contributed by atoms with E-state index in [-0.39, 0.29) is 12.4 Å². The fourth-order valence-electron chi connectivity index (χ4n) is 3.67. The second-order valence-electron chi connectivity index (χ2n) is 7.72. The maximum atomic E-state index is 9.42. The number of aryl methyl sites for hydroxylation is 1. The van der Waals surface area contributed by atoms with Gasteiger partial charge in [-0.25, -0.2) is 4.98 Å². The lowest BCUT2D eigenvalue weighted by atomic mass is 10.1. The van der Waals surface area contributed by atoms with Crippen LogP contribution in [0, 0.1) is 0 Å². The number of nitrogens with zero attached hydrogens (tertiary/aromatic N) is 3. The molecule has 0 aliphatic carbocycles. The first-order valence-corrected chi connectivity index (χ1v) is 10.7. The van der Waals surface area contributed by atoms with Gasteiger partial charge in [-0.05, 0) is 24.3 Å². The van der Waals surface area contributed by atoms with Crippen molar-refractivity contribution in [2.45, 2.75) is 19.6 Å². The Morgan fingerprint density at radius 1 is 0.970 bits per heavy atom. The van der Waals surface area contributed by atoms with Crippen LogP contribution in [0.15, 0.2) is 102 Å². The molecule has 0 unspecified atom stereocenters. The molecule has 1 N–H and O–H groups in total.